The van der Waals surface area contributed by atoms with Crippen molar-refractivity contribution in [1.82, 2.24) is 14.9 Å². The normalized spacial score (nSPS) is 25.8. The summed E-state index contributed by atoms with van der Waals surface area (Å²) < 4.78 is 2.24. The highest BCUT2D eigenvalue weighted by molar-refractivity contribution is 5.08. The zero-order valence-electron chi connectivity index (χ0n) is 10.8. The Kier molecular flexibility index (Phi) is 3.33. The number of aromatic nitrogens is 2. The first-order valence-electron chi connectivity index (χ1n) is 6.29. The van der Waals surface area contributed by atoms with Crippen molar-refractivity contribution in [3.05, 3.63) is 17.7 Å². The zero-order valence-corrected chi connectivity index (χ0v) is 10.8. The minimum atomic E-state index is 0.528. The van der Waals surface area contributed by atoms with Crippen LogP contribution in [0.3, 0.4) is 0 Å². The lowest BCUT2D eigenvalue weighted by Crippen LogP contribution is -2.32. The van der Waals surface area contributed by atoms with Crippen LogP contribution in [0, 0.1) is 25.7 Å². The molecule has 1 aliphatic rings. The number of nitrogens with zero attached hydrogens (tertiary/aromatic N) is 2. The highest BCUT2D eigenvalue weighted by atomic mass is 15.1. The Bertz CT molecular complexity index is 356. The van der Waals surface area contributed by atoms with Crippen LogP contribution >= 0.6 is 0 Å². The van der Waals surface area contributed by atoms with Gasteiger partial charge in [-0.05, 0) is 45.6 Å². The van der Waals surface area contributed by atoms with Gasteiger partial charge in [-0.2, -0.15) is 0 Å². The van der Waals surface area contributed by atoms with Gasteiger partial charge in [0.15, 0.2) is 0 Å². The first kappa shape index (κ1) is 11.6. The van der Waals surface area contributed by atoms with Crippen molar-refractivity contribution in [2.45, 2.75) is 46.7 Å². The van der Waals surface area contributed by atoms with Gasteiger partial charge in [0, 0.05) is 18.3 Å². The molecule has 0 saturated heterocycles. The molecule has 2 rings (SSSR count). The molecular formula is C13H23N3. The van der Waals surface area contributed by atoms with Gasteiger partial charge < -0.3 is 9.88 Å². The summed E-state index contributed by atoms with van der Waals surface area (Å²) in [6, 6.07) is 0.528. The van der Waals surface area contributed by atoms with Crippen molar-refractivity contribution in [2.75, 3.05) is 6.54 Å². The first-order chi connectivity index (χ1) is 7.58. The summed E-state index contributed by atoms with van der Waals surface area (Å²) in [5, 5.41) is 3.61. The van der Waals surface area contributed by atoms with Crippen LogP contribution in [0.5, 0.6) is 0 Å². The average Bonchev–Trinajstić information content (AvgIpc) is 2.88. The molecule has 16 heavy (non-hydrogen) atoms. The van der Waals surface area contributed by atoms with Gasteiger partial charge in [0.05, 0.1) is 12.0 Å². The molecule has 0 bridgehead atoms. The maximum Gasteiger partial charge on any atom is 0.0951 e. The molecule has 1 saturated carbocycles. The van der Waals surface area contributed by atoms with Crippen LogP contribution in [-0.2, 0) is 6.54 Å². The molecule has 1 aromatic rings. The zero-order chi connectivity index (χ0) is 11.7. The number of hydrogen-bond donors (Lipinski definition) is 1. The average molecular weight is 221 g/mol. The molecule has 3 heteroatoms. The van der Waals surface area contributed by atoms with E-state index < -0.39 is 0 Å². The van der Waals surface area contributed by atoms with Gasteiger partial charge in [0.25, 0.3) is 0 Å². The minimum absolute atomic E-state index is 0.528. The number of rotatable bonds is 5. The second-order valence-corrected chi connectivity index (χ2v) is 5.35. The summed E-state index contributed by atoms with van der Waals surface area (Å²) in [5.74, 6) is 1.87. The highest BCUT2D eigenvalue weighted by Gasteiger charge is 2.31. The Morgan fingerprint density at radius 1 is 1.56 bits per heavy atom. The highest BCUT2D eigenvalue weighted by Crippen LogP contribution is 2.36. The first-order valence-corrected chi connectivity index (χ1v) is 6.29. The van der Waals surface area contributed by atoms with Gasteiger partial charge in [0.2, 0.25) is 0 Å². The molecule has 1 aromatic heterocycles. The molecule has 3 unspecified atom stereocenters. The molecule has 3 nitrogen and oxygen atoms in total. The van der Waals surface area contributed by atoms with E-state index in [9.17, 15) is 0 Å². The Morgan fingerprint density at radius 2 is 2.25 bits per heavy atom. The summed E-state index contributed by atoms with van der Waals surface area (Å²) in [7, 11) is 0. The fourth-order valence-corrected chi connectivity index (χ4v) is 2.12. The molecule has 0 spiro atoms. The van der Waals surface area contributed by atoms with Gasteiger partial charge in [0.1, 0.15) is 0 Å². The minimum Gasteiger partial charge on any atom is -0.333 e. The monoisotopic (exact) mass is 221 g/mol. The van der Waals surface area contributed by atoms with Gasteiger partial charge in [-0.1, -0.05) is 6.92 Å². The molecule has 1 aliphatic carbocycles. The van der Waals surface area contributed by atoms with Crippen LogP contribution in [0.1, 0.15) is 31.7 Å². The van der Waals surface area contributed by atoms with E-state index in [-0.39, 0.29) is 0 Å². The fourth-order valence-electron chi connectivity index (χ4n) is 2.12. The summed E-state index contributed by atoms with van der Waals surface area (Å²) in [6.45, 7) is 11.0. The largest absolute Gasteiger partial charge is 0.333 e. The van der Waals surface area contributed by atoms with E-state index >= 15 is 0 Å². The molecule has 1 fully saturated rings. The number of hydrogen-bond acceptors (Lipinski definition) is 2. The SMILES string of the molecule is Cc1ncn(CC(C)NCC2CC2C)c1C. The topological polar surface area (TPSA) is 29.9 Å². The number of imidazole rings is 1. The molecule has 1 N–H and O–H groups in total. The van der Waals surface area contributed by atoms with Gasteiger partial charge in [-0.15, -0.1) is 0 Å². The van der Waals surface area contributed by atoms with Crippen molar-refractivity contribution < 1.29 is 0 Å². The predicted octanol–water partition coefficient (Wildman–Crippen LogP) is 2.13. The van der Waals surface area contributed by atoms with Crippen LogP contribution < -0.4 is 5.32 Å². The quantitative estimate of drug-likeness (QED) is 0.825. The van der Waals surface area contributed by atoms with Crippen molar-refractivity contribution in [1.29, 1.82) is 0 Å². The van der Waals surface area contributed by atoms with E-state index in [0.29, 0.717) is 6.04 Å². The van der Waals surface area contributed by atoms with Crippen LogP contribution in [-0.4, -0.2) is 22.1 Å². The van der Waals surface area contributed by atoms with E-state index in [1.807, 2.05) is 6.33 Å². The third-order valence-corrected chi connectivity index (χ3v) is 3.82. The van der Waals surface area contributed by atoms with E-state index in [0.717, 1.165) is 24.1 Å². The molecular weight excluding hydrogens is 198 g/mol. The third-order valence-electron chi connectivity index (χ3n) is 3.82. The van der Waals surface area contributed by atoms with E-state index in [1.165, 1.54) is 18.7 Å². The molecule has 3 atom stereocenters. The van der Waals surface area contributed by atoms with Crippen LogP contribution in [0.25, 0.3) is 0 Å². The van der Waals surface area contributed by atoms with Crippen LogP contribution in [0.4, 0.5) is 0 Å². The standard InChI is InChI=1S/C13H23N3/c1-9-5-13(9)6-14-10(2)7-16-8-15-11(3)12(16)4/h8-10,13-14H,5-7H2,1-4H3. The van der Waals surface area contributed by atoms with E-state index in [1.54, 1.807) is 0 Å². The predicted molar refractivity (Wildman–Crippen MR) is 66.4 cm³/mol. The maximum atomic E-state index is 4.32. The van der Waals surface area contributed by atoms with E-state index in [2.05, 4.69) is 42.6 Å². The van der Waals surface area contributed by atoms with Crippen LogP contribution in [0.2, 0.25) is 0 Å². The lowest BCUT2D eigenvalue weighted by Gasteiger charge is -2.15. The van der Waals surface area contributed by atoms with Crippen molar-refractivity contribution >= 4 is 0 Å². The van der Waals surface area contributed by atoms with Gasteiger partial charge in [-0.3, -0.25) is 0 Å². The number of aryl methyl sites for hydroxylation is 1. The summed E-state index contributed by atoms with van der Waals surface area (Å²) in [6.07, 6.45) is 3.35. The molecule has 0 radical (unpaired) electrons. The molecule has 0 aromatic carbocycles. The Hall–Kier alpha value is -0.830. The number of nitrogens with one attached hydrogen (secondary N) is 1. The lowest BCUT2D eigenvalue weighted by molar-refractivity contribution is 0.456. The molecule has 90 valence electrons. The summed E-state index contributed by atoms with van der Waals surface area (Å²) >= 11 is 0. The molecule has 1 heterocycles. The fraction of sp³-hybridized carbons (Fsp3) is 0.769. The van der Waals surface area contributed by atoms with E-state index in [4.69, 9.17) is 0 Å². The second kappa shape index (κ2) is 4.58. The van der Waals surface area contributed by atoms with Crippen molar-refractivity contribution in [3.63, 3.8) is 0 Å². The van der Waals surface area contributed by atoms with Gasteiger partial charge in [-0.25, -0.2) is 4.98 Å². The summed E-state index contributed by atoms with van der Waals surface area (Å²) in [5.41, 5.74) is 2.43. The van der Waals surface area contributed by atoms with Crippen LogP contribution in [0.15, 0.2) is 6.33 Å². The van der Waals surface area contributed by atoms with Crippen molar-refractivity contribution in [2.24, 2.45) is 11.8 Å². The van der Waals surface area contributed by atoms with Crippen molar-refractivity contribution in [3.8, 4) is 0 Å². The smallest absolute Gasteiger partial charge is 0.0951 e. The summed E-state index contributed by atoms with van der Waals surface area (Å²) in [4.78, 5) is 4.32. The lowest BCUT2D eigenvalue weighted by atomic mass is 10.2. The Morgan fingerprint density at radius 3 is 2.75 bits per heavy atom. The molecule has 0 aliphatic heterocycles. The third kappa shape index (κ3) is 2.64. The maximum absolute atomic E-state index is 4.32. The molecule has 0 amide bonds. The van der Waals surface area contributed by atoms with Gasteiger partial charge >= 0.3 is 0 Å². The Labute approximate surface area is 98.3 Å². The second-order valence-electron chi connectivity index (χ2n) is 5.35. The Balaban J connectivity index is 1.78.